The van der Waals surface area contributed by atoms with Gasteiger partial charge < -0.3 is 15.7 Å². The summed E-state index contributed by atoms with van der Waals surface area (Å²) in [5.41, 5.74) is 10.2. The number of benzene rings is 2. The van der Waals surface area contributed by atoms with Crippen molar-refractivity contribution in [3.63, 3.8) is 0 Å². The minimum absolute atomic E-state index is 0.0972. The van der Waals surface area contributed by atoms with Gasteiger partial charge in [-0.2, -0.15) is 0 Å². The van der Waals surface area contributed by atoms with Crippen LogP contribution < -0.4 is 10.6 Å². The molecule has 20 heavy (non-hydrogen) atoms. The van der Waals surface area contributed by atoms with E-state index in [1.54, 1.807) is 0 Å². The van der Waals surface area contributed by atoms with Crippen LogP contribution in [0.1, 0.15) is 11.1 Å². The molecule has 1 heterocycles. The molecule has 3 nitrogen and oxygen atoms in total. The van der Waals surface area contributed by atoms with E-state index in [0.717, 1.165) is 30.1 Å². The van der Waals surface area contributed by atoms with Crippen molar-refractivity contribution < 1.29 is 5.11 Å². The normalized spacial score (nSPS) is 14.2. The Bertz CT molecular complexity index is 598. The highest BCUT2D eigenvalue weighted by Crippen LogP contribution is 2.36. The topological polar surface area (TPSA) is 49.5 Å². The summed E-state index contributed by atoms with van der Waals surface area (Å²) < 4.78 is 0. The molecule has 0 aromatic heterocycles. The van der Waals surface area contributed by atoms with Crippen LogP contribution >= 0.6 is 11.8 Å². The zero-order valence-electron chi connectivity index (χ0n) is 11.2. The first-order chi connectivity index (χ1) is 9.76. The fourth-order valence-electron chi connectivity index (χ4n) is 2.42. The summed E-state index contributed by atoms with van der Waals surface area (Å²) in [6.07, 6.45) is 0. The van der Waals surface area contributed by atoms with E-state index in [-0.39, 0.29) is 6.61 Å². The number of rotatable bonds is 3. The lowest BCUT2D eigenvalue weighted by atomic mass is 10.1. The maximum Gasteiger partial charge on any atom is 0.0681 e. The van der Waals surface area contributed by atoms with E-state index in [9.17, 15) is 0 Å². The summed E-state index contributed by atoms with van der Waals surface area (Å²) in [6, 6.07) is 14.3. The van der Waals surface area contributed by atoms with Crippen molar-refractivity contribution in [1.29, 1.82) is 0 Å². The number of anilines is 2. The van der Waals surface area contributed by atoms with Gasteiger partial charge >= 0.3 is 0 Å². The maximum atomic E-state index is 9.08. The molecule has 0 aliphatic carbocycles. The first-order valence-corrected chi connectivity index (χ1v) is 7.71. The summed E-state index contributed by atoms with van der Waals surface area (Å²) >= 11 is 1.89. The van der Waals surface area contributed by atoms with Gasteiger partial charge in [-0.1, -0.05) is 24.3 Å². The Morgan fingerprint density at radius 2 is 1.85 bits per heavy atom. The van der Waals surface area contributed by atoms with Crippen molar-refractivity contribution >= 4 is 23.1 Å². The van der Waals surface area contributed by atoms with Crippen LogP contribution in [0.3, 0.4) is 0 Å². The molecule has 0 bridgehead atoms. The van der Waals surface area contributed by atoms with Gasteiger partial charge in [0.05, 0.1) is 12.3 Å². The molecule has 0 atom stereocenters. The molecule has 0 unspecified atom stereocenters. The molecule has 2 aromatic carbocycles. The van der Waals surface area contributed by atoms with Crippen molar-refractivity contribution in [3.05, 3.63) is 53.6 Å². The van der Waals surface area contributed by atoms with Gasteiger partial charge in [-0.15, -0.1) is 11.8 Å². The molecule has 0 saturated carbocycles. The van der Waals surface area contributed by atoms with Crippen LogP contribution in [0, 0.1) is 0 Å². The largest absolute Gasteiger partial charge is 0.399 e. The first-order valence-electron chi connectivity index (χ1n) is 6.72. The van der Waals surface area contributed by atoms with E-state index in [2.05, 4.69) is 29.2 Å². The van der Waals surface area contributed by atoms with Crippen LogP contribution in [0.2, 0.25) is 0 Å². The van der Waals surface area contributed by atoms with Crippen LogP contribution in [0.15, 0.2) is 47.4 Å². The second-order valence-corrected chi connectivity index (χ2v) is 6.11. The molecule has 0 radical (unpaired) electrons. The summed E-state index contributed by atoms with van der Waals surface area (Å²) in [6.45, 7) is 2.01. The van der Waals surface area contributed by atoms with Crippen molar-refractivity contribution in [1.82, 2.24) is 0 Å². The second-order valence-electron chi connectivity index (χ2n) is 4.97. The molecule has 0 fully saturated rings. The number of aliphatic hydroxyl groups is 1. The van der Waals surface area contributed by atoms with Crippen molar-refractivity contribution in [2.75, 3.05) is 22.9 Å². The van der Waals surface area contributed by atoms with Gasteiger partial charge in [-0.05, 0) is 29.3 Å². The number of nitrogen functional groups attached to an aromatic ring is 1. The van der Waals surface area contributed by atoms with E-state index in [1.807, 2.05) is 30.0 Å². The monoisotopic (exact) mass is 286 g/mol. The Kier molecular flexibility index (Phi) is 3.85. The number of nitrogens with two attached hydrogens (primary N) is 1. The second kappa shape index (κ2) is 5.77. The van der Waals surface area contributed by atoms with Gasteiger partial charge in [-0.3, -0.25) is 0 Å². The molecule has 1 aliphatic rings. The highest BCUT2D eigenvalue weighted by Gasteiger charge is 2.17. The molecule has 3 N–H and O–H groups in total. The Morgan fingerprint density at radius 1 is 1.10 bits per heavy atom. The molecular weight excluding hydrogens is 268 g/mol. The van der Waals surface area contributed by atoms with Gasteiger partial charge in [0.15, 0.2) is 0 Å². The van der Waals surface area contributed by atoms with Gasteiger partial charge in [0.25, 0.3) is 0 Å². The quantitative estimate of drug-likeness (QED) is 0.852. The molecule has 3 rings (SSSR count). The third-order valence-corrected chi connectivity index (χ3v) is 4.56. The average Bonchev–Trinajstić information content (AvgIpc) is 2.49. The minimum atomic E-state index is 0.0972. The minimum Gasteiger partial charge on any atom is -0.399 e. The van der Waals surface area contributed by atoms with Crippen molar-refractivity contribution in [2.24, 2.45) is 0 Å². The van der Waals surface area contributed by atoms with Crippen LogP contribution in [0.5, 0.6) is 0 Å². The number of thioether (sulfide) groups is 1. The number of nitrogens with zero attached hydrogens (tertiary/aromatic N) is 1. The summed E-state index contributed by atoms with van der Waals surface area (Å²) in [4.78, 5) is 3.67. The highest BCUT2D eigenvalue weighted by molar-refractivity contribution is 7.99. The third-order valence-electron chi connectivity index (χ3n) is 3.52. The molecule has 104 valence electrons. The summed E-state index contributed by atoms with van der Waals surface area (Å²) in [5, 5.41) is 9.08. The number of aliphatic hydroxyl groups excluding tert-OH is 1. The molecular formula is C16H18N2OS. The standard InChI is InChI=1S/C16H18N2OS/c17-14-5-6-16-15(9-14)18(7-8-20-16)10-12-1-3-13(11-19)4-2-12/h1-6,9,19H,7-8,10-11,17H2. The first kappa shape index (κ1) is 13.3. The van der Waals surface area contributed by atoms with E-state index in [4.69, 9.17) is 10.8 Å². The summed E-state index contributed by atoms with van der Waals surface area (Å²) in [7, 11) is 0. The van der Waals surface area contributed by atoms with Crippen molar-refractivity contribution in [2.45, 2.75) is 18.0 Å². The lowest BCUT2D eigenvalue weighted by Gasteiger charge is -2.31. The zero-order chi connectivity index (χ0) is 13.9. The van der Waals surface area contributed by atoms with Gasteiger partial charge in [0, 0.05) is 29.4 Å². The molecule has 0 saturated heterocycles. The Labute approximate surface area is 123 Å². The molecule has 4 heteroatoms. The van der Waals surface area contributed by atoms with Crippen molar-refractivity contribution in [3.8, 4) is 0 Å². The lowest BCUT2D eigenvalue weighted by molar-refractivity contribution is 0.282. The van der Waals surface area contributed by atoms with E-state index in [0.29, 0.717) is 0 Å². The van der Waals surface area contributed by atoms with Gasteiger partial charge in [-0.25, -0.2) is 0 Å². The Morgan fingerprint density at radius 3 is 2.60 bits per heavy atom. The van der Waals surface area contributed by atoms with Gasteiger partial charge in [0.1, 0.15) is 0 Å². The predicted octanol–water partition coefficient (Wildman–Crippen LogP) is 2.87. The lowest BCUT2D eigenvalue weighted by Crippen LogP contribution is -2.28. The summed E-state index contributed by atoms with van der Waals surface area (Å²) in [5.74, 6) is 1.10. The van der Waals surface area contributed by atoms with Crippen LogP contribution in [0.25, 0.3) is 0 Å². The Balaban J connectivity index is 1.83. The predicted molar refractivity (Wildman–Crippen MR) is 85.0 cm³/mol. The molecule has 1 aliphatic heterocycles. The smallest absolute Gasteiger partial charge is 0.0681 e. The van der Waals surface area contributed by atoms with Crippen LogP contribution in [-0.2, 0) is 13.2 Å². The average molecular weight is 286 g/mol. The SMILES string of the molecule is Nc1ccc2c(c1)N(Cc1ccc(CO)cc1)CCS2. The van der Waals surface area contributed by atoms with E-state index < -0.39 is 0 Å². The highest BCUT2D eigenvalue weighted by atomic mass is 32.2. The third kappa shape index (κ3) is 2.76. The number of hydrogen-bond donors (Lipinski definition) is 2. The number of hydrogen-bond acceptors (Lipinski definition) is 4. The molecule has 2 aromatic rings. The molecule has 0 amide bonds. The fourth-order valence-corrected chi connectivity index (χ4v) is 3.46. The number of fused-ring (bicyclic) bond motifs is 1. The van der Waals surface area contributed by atoms with E-state index >= 15 is 0 Å². The van der Waals surface area contributed by atoms with Crippen LogP contribution in [-0.4, -0.2) is 17.4 Å². The molecule has 0 spiro atoms. The van der Waals surface area contributed by atoms with Crippen LogP contribution in [0.4, 0.5) is 11.4 Å². The van der Waals surface area contributed by atoms with Gasteiger partial charge in [0.2, 0.25) is 0 Å². The maximum absolute atomic E-state index is 9.08. The fraction of sp³-hybridized carbons (Fsp3) is 0.250. The zero-order valence-corrected chi connectivity index (χ0v) is 12.1. The van der Waals surface area contributed by atoms with E-state index in [1.165, 1.54) is 16.1 Å². The Hall–Kier alpha value is -1.65.